The predicted molar refractivity (Wildman–Crippen MR) is 50.3 cm³/mol. The van der Waals surface area contributed by atoms with E-state index in [1.807, 2.05) is 14.0 Å². The van der Waals surface area contributed by atoms with E-state index in [4.69, 9.17) is 5.11 Å². The van der Waals surface area contributed by atoms with Crippen LogP contribution < -0.4 is 5.32 Å². The van der Waals surface area contributed by atoms with Gasteiger partial charge in [0.05, 0.1) is 6.04 Å². The van der Waals surface area contributed by atoms with E-state index in [0.717, 1.165) is 13.0 Å². The Bertz CT molecular complexity index is 184. The first-order valence-corrected chi connectivity index (χ1v) is 4.77. The Morgan fingerprint density at radius 3 is 3.00 bits per heavy atom. The first-order valence-electron chi connectivity index (χ1n) is 4.77. The molecule has 1 saturated heterocycles. The number of nitrogens with one attached hydrogen (secondary N) is 1. The fraction of sp³-hybridized carbons (Fsp3) is 0.889. The minimum Gasteiger partial charge on any atom is -0.396 e. The van der Waals surface area contributed by atoms with Crippen LogP contribution in [0.15, 0.2) is 0 Å². The molecule has 0 aromatic rings. The summed E-state index contributed by atoms with van der Waals surface area (Å²) in [6.45, 7) is 2.95. The molecule has 1 heterocycles. The van der Waals surface area contributed by atoms with E-state index in [1.54, 1.807) is 4.90 Å². The number of hydrogen-bond donors (Lipinski definition) is 2. The van der Waals surface area contributed by atoms with Crippen molar-refractivity contribution in [1.82, 2.24) is 10.2 Å². The summed E-state index contributed by atoms with van der Waals surface area (Å²) < 4.78 is 0. The van der Waals surface area contributed by atoms with Gasteiger partial charge in [-0.3, -0.25) is 4.79 Å². The van der Waals surface area contributed by atoms with Gasteiger partial charge in [-0.1, -0.05) is 0 Å². The summed E-state index contributed by atoms with van der Waals surface area (Å²) >= 11 is 0. The fourth-order valence-corrected chi connectivity index (χ4v) is 1.57. The quantitative estimate of drug-likeness (QED) is 0.615. The molecule has 2 atom stereocenters. The monoisotopic (exact) mass is 186 g/mol. The van der Waals surface area contributed by atoms with Crippen molar-refractivity contribution in [1.29, 1.82) is 0 Å². The molecule has 1 amide bonds. The van der Waals surface area contributed by atoms with Crippen LogP contribution in [0.4, 0.5) is 0 Å². The van der Waals surface area contributed by atoms with Crippen LogP contribution in [0.25, 0.3) is 0 Å². The first kappa shape index (κ1) is 10.5. The number of likely N-dealkylation sites (N-methyl/N-ethyl adjacent to an activating group) is 1. The summed E-state index contributed by atoms with van der Waals surface area (Å²) in [4.78, 5) is 13.5. The van der Waals surface area contributed by atoms with Gasteiger partial charge in [0.1, 0.15) is 0 Å². The molecule has 0 aliphatic carbocycles. The number of nitrogens with zero attached hydrogens (tertiary/aromatic N) is 1. The zero-order valence-corrected chi connectivity index (χ0v) is 8.29. The number of carbonyl (C=O) groups is 1. The van der Waals surface area contributed by atoms with Gasteiger partial charge in [0.25, 0.3) is 0 Å². The second-order valence-corrected chi connectivity index (χ2v) is 3.61. The fourth-order valence-electron chi connectivity index (χ4n) is 1.57. The molecule has 2 unspecified atom stereocenters. The third kappa shape index (κ3) is 2.42. The maximum Gasteiger partial charge on any atom is 0.239 e. The summed E-state index contributed by atoms with van der Waals surface area (Å²) in [5.74, 6) is 0.0963. The molecule has 1 aliphatic heterocycles. The summed E-state index contributed by atoms with van der Waals surface area (Å²) in [5.41, 5.74) is 0. The van der Waals surface area contributed by atoms with Gasteiger partial charge in [0.15, 0.2) is 0 Å². The lowest BCUT2D eigenvalue weighted by atomic mass is 10.2. The van der Waals surface area contributed by atoms with Crippen LogP contribution in [0, 0.1) is 0 Å². The number of aliphatic hydroxyl groups is 1. The van der Waals surface area contributed by atoms with Crippen molar-refractivity contribution in [2.24, 2.45) is 0 Å². The highest BCUT2D eigenvalue weighted by Gasteiger charge is 2.27. The van der Waals surface area contributed by atoms with E-state index in [0.29, 0.717) is 12.5 Å². The molecule has 4 heteroatoms. The van der Waals surface area contributed by atoms with E-state index in [-0.39, 0.29) is 18.6 Å². The Balaban J connectivity index is 2.61. The molecule has 1 fully saturated rings. The number of rotatable bonds is 2. The van der Waals surface area contributed by atoms with Crippen molar-refractivity contribution in [2.45, 2.75) is 31.8 Å². The number of amides is 1. The Morgan fingerprint density at radius 1 is 1.69 bits per heavy atom. The molecule has 13 heavy (non-hydrogen) atoms. The smallest absolute Gasteiger partial charge is 0.239 e. The van der Waals surface area contributed by atoms with Crippen LogP contribution >= 0.6 is 0 Å². The average Bonchev–Trinajstić information content (AvgIpc) is 2.22. The molecule has 0 spiro atoms. The van der Waals surface area contributed by atoms with Crippen LogP contribution in [-0.2, 0) is 4.79 Å². The maximum atomic E-state index is 11.7. The van der Waals surface area contributed by atoms with Crippen molar-refractivity contribution in [3.8, 4) is 0 Å². The molecule has 2 N–H and O–H groups in total. The van der Waals surface area contributed by atoms with Gasteiger partial charge in [-0.25, -0.2) is 0 Å². The summed E-state index contributed by atoms with van der Waals surface area (Å²) in [6, 6.07) is 0.101. The van der Waals surface area contributed by atoms with Crippen molar-refractivity contribution in [2.75, 3.05) is 20.2 Å². The van der Waals surface area contributed by atoms with E-state index < -0.39 is 0 Å². The summed E-state index contributed by atoms with van der Waals surface area (Å²) in [6.07, 6.45) is 1.49. The van der Waals surface area contributed by atoms with E-state index in [9.17, 15) is 4.79 Å². The Labute approximate surface area is 78.9 Å². The van der Waals surface area contributed by atoms with Crippen LogP contribution in [-0.4, -0.2) is 48.2 Å². The van der Waals surface area contributed by atoms with Gasteiger partial charge >= 0.3 is 0 Å². The van der Waals surface area contributed by atoms with Crippen molar-refractivity contribution in [3.05, 3.63) is 0 Å². The maximum absolute atomic E-state index is 11.7. The predicted octanol–water partition coefficient (Wildman–Crippen LogP) is -0.422. The van der Waals surface area contributed by atoms with Gasteiger partial charge in [-0.15, -0.1) is 0 Å². The molecule has 4 nitrogen and oxygen atoms in total. The zero-order chi connectivity index (χ0) is 9.84. The van der Waals surface area contributed by atoms with Gasteiger partial charge in [-0.05, 0) is 26.3 Å². The molecular formula is C9H18N2O2. The third-order valence-corrected chi connectivity index (χ3v) is 2.68. The van der Waals surface area contributed by atoms with Gasteiger partial charge in [0, 0.05) is 19.7 Å². The largest absolute Gasteiger partial charge is 0.396 e. The summed E-state index contributed by atoms with van der Waals surface area (Å²) in [7, 11) is 1.82. The molecule has 0 saturated carbocycles. The van der Waals surface area contributed by atoms with Gasteiger partial charge in [-0.2, -0.15) is 0 Å². The lowest BCUT2D eigenvalue weighted by molar-refractivity contribution is -0.133. The van der Waals surface area contributed by atoms with Gasteiger partial charge in [0.2, 0.25) is 5.91 Å². The van der Waals surface area contributed by atoms with Crippen LogP contribution in [0.2, 0.25) is 0 Å². The molecule has 0 aromatic heterocycles. The van der Waals surface area contributed by atoms with Crippen LogP contribution in [0.5, 0.6) is 0 Å². The van der Waals surface area contributed by atoms with Crippen molar-refractivity contribution >= 4 is 5.91 Å². The molecule has 0 aromatic carbocycles. The second-order valence-electron chi connectivity index (χ2n) is 3.61. The van der Waals surface area contributed by atoms with Crippen LogP contribution in [0.3, 0.4) is 0 Å². The highest BCUT2D eigenvalue weighted by Crippen LogP contribution is 2.09. The van der Waals surface area contributed by atoms with Crippen LogP contribution in [0.1, 0.15) is 19.8 Å². The summed E-state index contributed by atoms with van der Waals surface area (Å²) in [5, 5.41) is 11.9. The average molecular weight is 186 g/mol. The second kappa shape index (κ2) is 4.58. The molecule has 0 radical (unpaired) electrons. The van der Waals surface area contributed by atoms with E-state index >= 15 is 0 Å². The Morgan fingerprint density at radius 2 is 2.38 bits per heavy atom. The molecular weight excluding hydrogens is 168 g/mol. The van der Waals surface area contributed by atoms with E-state index in [1.165, 1.54) is 0 Å². The number of aliphatic hydroxyl groups excluding tert-OH is 1. The lowest BCUT2D eigenvalue weighted by Gasteiger charge is -2.24. The topological polar surface area (TPSA) is 52.6 Å². The normalized spacial score (nSPS) is 30.4. The number of hydrogen-bond acceptors (Lipinski definition) is 3. The van der Waals surface area contributed by atoms with Gasteiger partial charge < -0.3 is 15.3 Å². The molecule has 76 valence electrons. The molecule has 1 rings (SSSR count). The minimum absolute atomic E-state index is 0.0611. The van der Waals surface area contributed by atoms with Crippen molar-refractivity contribution < 1.29 is 9.90 Å². The first-order chi connectivity index (χ1) is 6.16. The zero-order valence-electron chi connectivity index (χ0n) is 8.29. The van der Waals surface area contributed by atoms with Crippen molar-refractivity contribution in [3.63, 3.8) is 0 Å². The highest BCUT2D eigenvalue weighted by atomic mass is 16.3. The standard InChI is InChI=1S/C9H18N2O2/c1-7-3-5-10-8(4-6-12)9(13)11(7)2/h7-8,10,12H,3-6H2,1-2H3. The lowest BCUT2D eigenvalue weighted by Crippen LogP contribution is -2.44. The Kier molecular flexibility index (Phi) is 3.69. The Hall–Kier alpha value is -0.610. The number of carbonyl (C=O) groups excluding carboxylic acids is 1. The minimum atomic E-state index is -0.194. The highest BCUT2D eigenvalue weighted by molar-refractivity contribution is 5.82. The third-order valence-electron chi connectivity index (χ3n) is 2.68. The SMILES string of the molecule is CC1CCNC(CCO)C(=O)N1C. The van der Waals surface area contributed by atoms with E-state index in [2.05, 4.69) is 5.32 Å². The molecule has 1 aliphatic rings. The molecule has 0 bridgehead atoms.